The predicted molar refractivity (Wildman–Crippen MR) is 90.0 cm³/mol. The molecule has 0 heterocycles. The van der Waals surface area contributed by atoms with Crippen LogP contribution in [-0.4, -0.2) is 13.3 Å². The lowest BCUT2D eigenvalue weighted by Crippen LogP contribution is -1.97. The van der Waals surface area contributed by atoms with Crippen LogP contribution < -0.4 is 0 Å². The summed E-state index contributed by atoms with van der Waals surface area (Å²) in [6.07, 6.45) is 1.57. The van der Waals surface area contributed by atoms with Gasteiger partial charge in [-0.1, -0.05) is 17.7 Å². The van der Waals surface area contributed by atoms with Gasteiger partial charge in [0.05, 0.1) is 9.82 Å². The molecule has 0 atom stereocenters. The number of nitro groups is 1. The molecule has 0 bridgehead atoms. The minimum Gasteiger partial charge on any atom is -0.258 e. The first-order valence-corrected chi connectivity index (χ1v) is 8.51. The van der Waals surface area contributed by atoms with Gasteiger partial charge in [-0.2, -0.15) is 0 Å². The van der Waals surface area contributed by atoms with Crippen LogP contribution in [0.3, 0.4) is 0 Å². The van der Waals surface area contributed by atoms with E-state index in [4.69, 9.17) is 0 Å². The van der Waals surface area contributed by atoms with E-state index < -0.39 is 14.8 Å². The Balaban J connectivity index is 2.36. The van der Waals surface area contributed by atoms with Gasteiger partial charge in [-0.05, 0) is 55.7 Å². The molecule has 2 aromatic rings. The molecule has 2 rings (SSSR count). The molecular formula is C17H17NO4S. The van der Waals surface area contributed by atoms with E-state index in [1.54, 1.807) is 6.08 Å². The molecule has 0 saturated heterocycles. The van der Waals surface area contributed by atoms with Gasteiger partial charge in [0, 0.05) is 17.5 Å². The third kappa shape index (κ3) is 3.84. The maximum Gasteiger partial charge on any atom is 0.269 e. The number of sulfone groups is 1. The lowest BCUT2D eigenvalue weighted by molar-refractivity contribution is -0.384. The summed E-state index contributed by atoms with van der Waals surface area (Å²) in [7, 11) is -3.65. The van der Waals surface area contributed by atoms with Gasteiger partial charge in [-0.25, -0.2) is 8.42 Å². The van der Waals surface area contributed by atoms with Crippen molar-refractivity contribution in [3.8, 4) is 0 Å². The molecule has 0 aromatic heterocycles. The summed E-state index contributed by atoms with van der Waals surface area (Å²) in [6.45, 7) is 5.84. The van der Waals surface area contributed by atoms with Gasteiger partial charge in [0.1, 0.15) is 0 Å². The van der Waals surface area contributed by atoms with Crippen LogP contribution in [0.2, 0.25) is 0 Å². The van der Waals surface area contributed by atoms with Crippen molar-refractivity contribution in [2.75, 3.05) is 0 Å². The standard InChI is InChI=1S/C17H17NO4S/c1-12-10-13(2)17(14(3)11-12)8-9-23(21,22)16-6-4-15(5-7-16)18(19)20/h4-11H,1-3H3/b9-8+. The first kappa shape index (κ1) is 16.9. The molecule has 0 unspecified atom stereocenters. The molecule has 0 N–H and O–H groups in total. The van der Waals surface area contributed by atoms with Crippen LogP contribution in [0.15, 0.2) is 46.7 Å². The predicted octanol–water partition coefficient (Wildman–Crippen LogP) is 3.96. The highest BCUT2D eigenvalue weighted by Gasteiger charge is 2.13. The van der Waals surface area contributed by atoms with Crippen molar-refractivity contribution in [2.24, 2.45) is 0 Å². The van der Waals surface area contributed by atoms with Gasteiger partial charge in [-0.15, -0.1) is 0 Å². The Kier molecular flexibility index (Phi) is 4.65. The number of nitrogens with zero attached hydrogens (tertiary/aromatic N) is 1. The lowest BCUT2D eigenvalue weighted by atomic mass is 10.0. The fourth-order valence-electron chi connectivity index (χ4n) is 2.45. The molecule has 0 radical (unpaired) electrons. The van der Waals surface area contributed by atoms with Gasteiger partial charge in [0.25, 0.3) is 5.69 Å². The number of benzene rings is 2. The van der Waals surface area contributed by atoms with Crippen molar-refractivity contribution in [1.29, 1.82) is 0 Å². The Hall–Kier alpha value is -2.47. The number of hydrogen-bond donors (Lipinski definition) is 0. The molecular weight excluding hydrogens is 314 g/mol. The number of non-ortho nitro benzene ring substituents is 1. The van der Waals surface area contributed by atoms with E-state index in [0.717, 1.165) is 27.7 Å². The van der Waals surface area contributed by atoms with E-state index in [1.165, 1.54) is 24.3 Å². The lowest BCUT2D eigenvalue weighted by Gasteiger charge is -2.07. The van der Waals surface area contributed by atoms with E-state index in [1.807, 2.05) is 32.9 Å². The maximum absolute atomic E-state index is 12.3. The van der Waals surface area contributed by atoms with Crippen LogP contribution in [0.1, 0.15) is 22.3 Å². The molecule has 23 heavy (non-hydrogen) atoms. The zero-order chi connectivity index (χ0) is 17.2. The number of aryl methyl sites for hydroxylation is 3. The van der Waals surface area contributed by atoms with E-state index in [0.29, 0.717) is 0 Å². The second-order valence-corrected chi connectivity index (χ2v) is 7.24. The zero-order valence-corrected chi connectivity index (χ0v) is 13.9. The van der Waals surface area contributed by atoms with Crippen molar-refractivity contribution in [2.45, 2.75) is 25.7 Å². The summed E-state index contributed by atoms with van der Waals surface area (Å²) in [5.74, 6) is 0. The smallest absolute Gasteiger partial charge is 0.258 e. The molecule has 6 heteroatoms. The van der Waals surface area contributed by atoms with Gasteiger partial charge < -0.3 is 0 Å². The third-order valence-electron chi connectivity index (χ3n) is 3.53. The van der Waals surface area contributed by atoms with Crippen LogP contribution >= 0.6 is 0 Å². The monoisotopic (exact) mass is 331 g/mol. The molecule has 0 amide bonds. The topological polar surface area (TPSA) is 77.3 Å². The summed E-state index contributed by atoms with van der Waals surface area (Å²) in [5.41, 5.74) is 3.84. The molecule has 0 fully saturated rings. The second kappa shape index (κ2) is 6.34. The van der Waals surface area contributed by atoms with E-state index in [2.05, 4.69) is 0 Å². The quantitative estimate of drug-likeness (QED) is 0.627. The van der Waals surface area contributed by atoms with Crippen molar-refractivity contribution >= 4 is 21.6 Å². The summed E-state index contributed by atoms with van der Waals surface area (Å²) in [4.78, 5) is 10.1. The Morgan fingerprint density at radius 2 is 1.52 bits per heavy atom. The van der Waals surface area contributed by atoms with Crippen LogP contribution in [0.25, 0.3) is 6.08 Å². The molecule has 120 valence electrons. The van der Waals surface area contributed by atoms with Crippen LogP contribution in [0.5, 0.6) is 0 Å². The highest BCUT2D eigenvalue weighted by Crippen LogP contribution is 2.21. The zero-order valence-electron chi connectivity index (χ0n) is 13.1. The van der Waals surface area contributed by atoms with E-state index >= 15 is 0 Å². The Morgan fingerprint density at radius 1 is 1.00 bits per heavy atom. The van der Waals surface area contributed by atoms with Crippen LogP contribution in [0.4, 0.5) is 5.69 Å². The van der Waals surface area contributed by atoms with Crippen LogP contribution in [0, 0.1) is 30.9 Å². The molecule has 0 aliphatic heterocycles. The normalized spacial score (nSPS) is 11.8. The molecule has 5 nitrogen and oxygen atoms in total. The maximum atomic E-state index is 12.3. The average molecular weight is 331 g/mol. The van der Waals surface area contributed by atoms with Crippen molar-refractivity contribution < 1.29 is 13.3 Å². The highest BCUT2D eigenvalue weighted by atomic mass is 32.2. The minimum absolute atomic E-state index is 0.0294. The third-order valence-corrected chi connectivity index (χ3v) is 4.95. The number of hydrogen-bond acceptors (Lipinski definition) is 4. The first-order chi connectivity index (χ1) is 10.7. The minimum atomic E-state index is -3.65. The van der Waals surface area contributed by atoms with Crippen LogP contribution in [-0.2, 0) is 9.84 Å². The second-order valence-electron chi connectivity index (χ2n) is 5.41. The number of rotatable bonds is 4. The average Bonchev–Trinajstić information content (AvgIpc) is 2.46. The molecule has 0 saturated carbocycles. The highest BCUT2D eigenvalue weighted by molar-refractivity contribution is 7.94. The van der Waals surface area contributed by atoms with Gasteiger partial charge >= 0.3 is 0 Å². The van der Waals surface area contributed by atoms with E-state index in [-0.39, 0.29) is 10.6 Å². The Labute approximate surface area is 135 Å². The Morgan fingerprint density at radius 3 is 2.00 bits per heavy atom. The molecule has 0 aliphatic carbocycles. The molecule has 0 spiro atoms. The van der Waals surface area contributed by atoms with Crippen molar-refractivity contribution in [3.05, 3.63) is 74.2 Å². The fourth-order valence-corrected chi connectivity index (χ4v) is 3.44. The molecule has 2 aromatic carbocycles. The summed E-state index contributed by atoms with van der Waals surface area (Å²) in [5, 5.41) is 11.8. The van der Waals surface area contributed by atoms with Gasteiger partial charge in [-0.3, -0.25) is 10.1 Å². The summed E-state index contributed by atoms with van der Waals surface area (Å²) >= 11 is 0. The van der Waals surface area contributed by atoms with E-state index in [9.17, 15) is 18.5 Å². The van der Waals surface area contributed by atoms with Crippen molar-refractivity contribution in [3.63, 3.8) is 0 Å². The fraction of sp³-hybridized carbons (Fsp3) is 0.176. The van der Waals surface area contributed by atoms with Gasteiger partial charge in [0.15, 0.2) is 9.84 Å². The Bertz CT molecular complexity index is 858. The first-order valence-electron chi connectivity index (χ1n) is 6.96. The van der Waals surface area contributed by atoms with Gasteiger partial charge in [0.2, 0.25) is 0 Å². The SMILES string of the molecule is Cc1cc(C)c(/C=C/S(=O)(=O)c2ccc([N+](=O)[O-])cc2)c(C)c1. The van der Waals surface area contributed by atoms with Crippen molar-refractivity contribution in [1.82, 2.24) is 0 Å². The molecule has 0 aliphatic rings. The number of nitro benzene ring substituents is 1. The largest absolute Gasteiger partial charge is 0.269 e. The summed E-state index contributed by atoms with van der Waals surface area (Å²) < 4.78 is 24.6. The summed E-state index contributed by atoms with van der Waals surface area (Å²) in [6, 6.07) is 8.84.